The smallest absolute Gasteiger partial charge is 0.225 e. The molecule has 32 heavy (non-hydrogen) atoms. The molecule has 1 aliphatic rings. The summed E-state index contributed by atoms with van der Waals surface area (Å²) in [5.74, 6) is 1.71. The summed E-state index contributed by atoms with van der Waals surface area (Å²) in [6, 6.07) is 5.24. The van der Waals surface area contributed by atoms with Gasteiger partial charge in [0.25, 0.3) is 0 Å². The molecule has 2 heterocycles. The van der Waals surface area contributed by atoms with Gasteiger partial charge in [-0.1, -0.05) is 30.1 Å². The number of nitrogens with one attached hydrogen (secondary N) is 2. The van der Waals surface area contributed by atoms with E-state index in [9.17, 15) is 5.11 Å². The zero-order chi connectivity index (χ0) is 22.8. The van der Waals surface area contributed by atoms with Crippen LogP contribution in [-0.2, 0) is 0 Å². The van der Waals surface area contributed by atoms with Crippen LogP contribution in [-0.4, -0.2) is 37.3 Å². The number of halogens is 2. The highest BCUT2D eigenvalue weighted by Gasteiger charge is 2.26. The van der Waals surface area contributed by atoms with Gasteiger partial charge >= 0.3 is 0 Å². The largest absolute Gasteiger partial charge is 0.394 e. The monoisotopic (exact) mass is 473 g/mol. The molecule has 1 unspecified atom stereocenters. The molecule has 0 saturated heterocycles. The maximum atomic E-state index is 9.36. The van der Waals surface area contributed by atoms with E-state index < -0.39 is 0 Å². The Hall–Kier alpha value is -2.60. The molecule has 0 bridgehead atoms. The molecule has 1 atom stereocenters. The molecule has 168 valence electrons. The Morgan fingerprint density at radius 3 is 2.53 bits per heavy atom. The van der Waals surface area contributed by atoms with Gasteiger partial charge in [0.1, 0.15) is 5.52 Å². The first-order chi connectivity index (χ1) is 15.4. The summed E-state index contributed by atoms with van der Waals surface area (Å²) in [7, 11) is 0. The van der Waals surface area contributed by atoms with Crippen molar-refractivity contribution in [3.63, 3.8) is 0 Å². The Labute approximate surface area is 196 Å². The highest BCUT2D eigenvalue weighted by Crippen LogP contribution is 2.39. The molecule has 0 amide bonds. The van der Waals surface area contributed by atoms with Crippen LogP contribution in [0.3, 0.4) is 0 Å². The molecule has 0 spiro atoms. The van der Waals surface area contributed by atoms with Crippen molar-refractivity contribution in [2.45, 2.75) is 51.6 Å². The molecule has 1 aliphatic carbocycles. The van der Waals surface area contributed by atoms with Crippen LogP contribution in [0.5, 0.6) is 0 Å². The van der Waals surface area contributed by atoms with E-state index in [1.54, 1.807) is 18.3 Å². The number of nitrogens with zero attached hydrogens (tertiary/aromatic N) is 5. The fourth-order valence-corrected chi connectivity index (χ4v) is 4.61. The predicted molar refractivity (Wildman–Crippen MR) is 127 cm³/mol. The lowest BCUT2D eigenvalue weighted by Gasteiger charge is -2.28. The van der Waals surface area contributed by atoms with Crippen molar-refractivity contribution >= 4 is 51.9 Å². The highest BCUT2D eigenvalue weighted by molar-refractivity contribution is 6.39. The lowest BCUT2D eigenvalue weighted by Crippen LogP contribution is -2.21. The Morgan fingerprint density at radius 1 is 1.22 bits per heavy atom. The van der Waals surface area contributed by atoms with Gasteiger partial charge in [-0.25, -0.2) is 9.97 Å². The molecule has 1 aromatic carbocycles. The van der Waals surface area contributed by atoms with Gasteiger partial charge in [0, 0.05) is 12.1 Å². The minimum Gasteiger partial charge on any atom is -0.394 e. The number of fused-ring (bicyclic) bond motifs is 1. The maximum absolute atomic E-state index is 9.36. The number of aliphatic hydroxyl groups is 1. The summed E-state index contributed by atoms with van der Waals surface area (Å²) in [6.45, 7) is 4.11. The normalized spacial score (nSPS) is 19.5. The first-order valence-electron chi connectivity index (χ1n) is 10.7. The van der Waals surface area contributed by atoms with Crippen LogP contribution in [0.2, 0.25) is 10.0 Å². The molecule has 3 aromatic rings. The summed E-state index contributed by atoms with van der Waals surface area (Å²) in [5.41, 5.74) is 2.23. The van der Waals surface area contributed by atoms with E-state index in [1.165, 1.54) is 0 Å². The molecule has 4 rings (SSSR count). The highest BCUT2D eigenvalue weighted by atomic mass is 35.5. The van der Waals surface area contributed by atoms with Crippen molar-refractivity contribution in [2.75, 3.05) is 17.2 Å². The van der Waals surface area contributed by atoms with Crippen LogP contribution in [0, 0.1) is 17.2 Å². The second-order valence-corrected chi connectivity index (χ2v) is 9.22. The standard InChI is InChI=1S/C22H25Cl2N7O/c1-12-3-5-15(6-4-12)31-20-18(10-26-21(30-20)27-13(2)11-32)28-22(31)29-19-16(23)7-14(9-25)8-17(19)24/h7-8,10,12-13,15,32H,3-6,11H2,1-2H3,(H,28,29)(H,26,27,30). The second kappa shape index (κ2) is 9.49. The zero-order valence-electron chi connectivity index (χ0n) is 17.9. The maximum Gasteiger partial charge on any atom is 0.225 e. The number of anilines is 3. The average molecular weight is 474 g/mol. The fourth-order valence-electron chi connectivity index (χ4n) is 4.03. The van der Waals surface area contributed by atoms with Crippen LogP contribution in [0.15, 0.2) is 18.3 Å². The Kier molecular flexibility index (Phi) is 6.70. The van der Waals surface area contributed by atoms with Crippen LogP contribution in [0.25, 0.3) is 11.2 Å². The van der Waals surface area contributed by atoms with Crippen molar-refractivity contribution < 1.29 is 5.11 Å². The molecule has 0 aliphatic heterocycles. The van der Waals surface area contributed by atoms with Gasteiger partial charge in [0.2, 0.25) is 11.9 Å². The summed E-state index contributed by atoms with van der Waals surface area (Å²) < 4.78 is 2.10. The minimum absolute atomic E-state index is 0.0241. The molecular weight excluding hydrogens is 449 g/mol. The van der Waals surface area contributed by atoms with Gasteiger partial charge in [0.05, 0.1) is 40.2 Å². The van der Waals surface area contributed by atoms with Gasteiger partial charge < -0.3 is 15.7 Å². The van der Waals surface area contributed by atoms with Crippen molar-refractivity contribution in [3.8, 4) is 6.07 Å². The predicted octanol–water partition coefficient (Wildman–Crippen LogP) is 5.29. The van der Waals surface area contributed by atoms with E-state index in [0.29, 0.717) is 50.3 Å². The Bertz CT molecular complexity index is 1140. The van der Waals surface area contributed by atoms with Crippen molar-refractivity contribution in [2.24, 2.45) is 5.92 Å². The number of hydrogen-bond acceptors (Lipinski definition) is 7. The van der Waals surface area contributed by atoms with E-state index in [2.05, 4.69) is 33.2 Å². The lowest BCUT2D eigenvalue weighted by molar-refractivity contribution is 0.281. The number of rotatable bonds is 6. The van der Waals surface area contributed by atoms with Gasteiger partial charge in [-0.2, -0.15) is 10.2 Å². The molecule has 2 aromatic heterocycles. The van der Waals surface area contributed by atoms with E-state index in [0.717, 1.165) is 25.7 Å². The molecule has 0 radical (unpaired) electrons. The van der Waals surface area contributed by atoms with Crippen molar-refractivity contribution in [3.05, 3.63) is 33.9 Å². The van der Waals surface area contributed by atoms with E-state index >= 15 is 0 Å². The fraction of sp³-hybridized carbons (Fsp3) is 0.455. The number of aliphatic hydroxyl groups excluding tert-OH is 1. The molecule has 1 saturated carbocycles. The summed E-state index contributed by atoms with van der Waals surface area (Å²) in [6.07, 6.45) is 5.94. The van der Waals surface area contributed by atoms with Gasteiger partial charge in [-0.3, -0.25) is 4.57 Å². The third-order valence-corrected chi connectivity index (χ3v) is 6.44. The SMILES string of the molecule is CC1CCC(n2c(Nc3c(Cl)cc(C#N)cc3Cl)nc3cnc(NC(C)CO)nc32)CC1. The van der Waals surface area contributed by atoms with Crippen LogP contribution >= 0.6 is 23.2 Å². The number of benzene rings is 1. The topological polar surface area (TPSA) is 112 Å². The lowest BCUT2D eigenvalue weighted by atomic mass is 9.87. The quantitative estimate of drug-likeness (QED) is 0.445. The van der Waals surface area contributed by atoms with Crippen LogP contribution in [0.1, 0.15) is 51.1 Å². The third kappa shape index (κ3) is 4.60. The van der Waals surface area contributed by atoms with E-state index in [4.69, 9.17) is 38.4 Å². The minimum atomic E-state index is -0.173. The van der Waals surface area contributed by atoms with Crippen LogP contribution < -0.4 is 10.6 Å². The van der Waals surface area contributed by atoms with E-state index in [1.807, 2.05) is 6.92 Å². The van der Waals surface area contributed by atoms with Crippen molar-refractivity contribution in [1.82, 2.24) is 19.5 Å². The molecule has 10 heteroatoms. The average Bonchev–Trinajstić information content (AvgIpc) is 3.13. The Morgan fingerprint density at radius 2 is 1.91 bits per heavy atom. The summed E-state index contributed by atoms with van der Waals surface area (Å²) in [5, 5.41) is 25.6. The molecule has 3 N–H and O–H groups in total. The van der Waals surface area contributed by atoms with Crippen molar-refractivity contribution in [1.29, 1.82) is 5.26 Å². The zero-order valence-corrected chi connectivity index (χ0v) is 19.5. The number of aromatic nitrogens is 4. The van der Waals surface area contributed by atoms with Crippen LogP contribution in [0.4, 0.5) is 17.6 Å². The molecule has 1 fully saturated rings. The van der Waals surface area contributed by atoms with Gasteiger partial charge in [0.15, 0.2) is 5.65 Å². The number of nitriles is 1. The molecule has 8 nitrogen and oxygen atoms in total. The summed E-state index contributed by atoms with van der Waals surface area (Å²) in [4.78, 5) is 13.8. The first-order valence-corrected chi connectivity index (χ1v) is 11.4. The van der Waals surface area contributed by atoms with E-state index in [-0.39, 0.29) is 18.7 Å². The number of hydrogen-bond donors (Lipinski definition) is 3. The number of imidazole rings is 1. The molecular formula is C22H25Cl2N7O. The van der Waals surface area contributed by atoms with Gasteiger partial charge in [-0.15, -0.1) is 0 Å². The summed E-state index contributed by atoms with van der Waals surface area (Å²) >= 11 is 12.8. The second-order valence-electron chi connectivity index (χ2n) is 8.40. The third-order valence-electron chi connectivity index (χ3n) is 5.84. The first kappa shape index (κ1) is 22.6. The van der Waals surface area contributed by atoms with Gasteiger partial charge in [-0.05, 0) is 50.7 Å². The Balaban J connectivity index is 1.79.